The summed E-state index contributed by atoms with van der Waals surface area (Å²) in [6.07, 6.45) is 5.74. The van der Waals surface area contributed by atoms with Crippen molar-refractivity contribution in [3.05, 3.63) is 17.6 Å². The number of hydrogen-bond acceptors (Lipinski definition) is 3. The molecular weight excluding hydrogens is 210 g/mol. The molecule has 1 aromatic heterocycles. The summed E-state index contributed by atoms with van der Waals surface area (Å²) in [5.74, 6) is 2.54. The molecule has 1 heterocycles. The predicted molar refractivity (Wildman–Crippen MR) is 71.1 cm³/mol. The molecule has 0 aromatic carbocycles. The minimum Gasteiger partial charge on any atom is -0.366 e. The molecule has 0 spiro atoms. The number of nitrogens with one attached hydrogen (secondary N) is 1. The minimum atomic E-state index is 0.566. The molecular formula is C14H23N3. The van der Waals surface area contributed by atoms with Crippen LogP contribution in [-0.2, 0) is 0 Å². The summed E-state index contributed by atoms with van der Waals surface area (Å²) >= 11 is 0. The molecule has 0 amide bonds. The summed E-state index contributed by atoms with van der Waals surface area (Å²) in [6, 6.07) is 0.566. The van der Waals surface area contributed by atoms with Crippen molar-refractivity contribution in [1.82, 2.24) is 9.97 Å². The summed E-state index contributed by atoms with van der Waals surface area (Å²) in [5.41, 5.74) is 2.04. The lowest BCUT2D eigenvalue weighted by molar-refractivity contribution is 0.391. The molecule has 1 aliphatic carbocycles. The molecule has 3 atom stereocenters. The van der Waals surface area contributed by atoms with E-state index in [4.69, 9.17) is 0 Å². The molecule has 1 N–H and O–H groups in total. The van der Waals surface area contributed by atoms with Crippen molar-refractivity contribution < 1.29 is 0 Å². The highest BCUT2D eigenvalue weighted by atomic mass is 15.0. The first-order valence-corrected chi connectivity index (χ1v) is 6.68. The SMILES string of the molecule is CCC1CCC(Nc2cnc(C)c(C)n2)C1C. The van der Waals surface area contributed by atoms with Crippen LogP contribution in [0.2, 0.25) is 0 Å². The van der Waals surface area contributed by atoms with Gasteiger partial charge in [-0.2, -0.15) is 0 Å². The summed E-state index contributed by atoms with van der Waals surface area (Å²) in [7, 11) is 0. The van der Waals surface area contributed by atoms with Gasteiger partial charge in [-0.05, 0) is 38.5 Å². The highest BCUT2D eigenvalue weighted by Gasteiger charge is 2.31. The van der Waals surface area contributed by atoms with Crippen LogP contribution >= 0.6 is 0 Å². The molecule has 1 aromatic rings. The van der Waals surface area contributed by atoms with E-state index in [1.54, 1.807) is 0 Å². The number of rotatable bonds is 3. The van der Waals surface area contributed by atoms with Crippen molar-refractivity contribution >= 4 is 5.82 Å². The van der Waals surface area contributed by atoms with Crippen molar-refractivity contribution in [2.75, 3.05) is 5.32 Å². The van der Waals surface area contributed by atoms with Crippen molar-refractivity contribution in [3.63, 3.8) is 0 Å². The maximum atomic E-state index is 4.55. The maximum Gasteiger partial charge on any atom is 0.145 e. The second kappa shape index (κ2) is 5.03. The van der Waals surface area contributed by atoms with Crippen LogP contribution in [-0.4, -0.2) is 16.0 Å². The molecule has 1 aliphatic rings. The quantitative estimate of drug-likeness (QED) is 0.870. The third-order valence-electron chi connectivity index (χ3n) is 4.28. The lowest BCUT2D eigenvalue weighted by Gasteiger charge is -2.21. The van der Waals surface area contributed by atoms with Gasteiger partial charge in [0, 0.05) is 6.04 Å². The molecule has 0 saturated heterocycles. The van der Waals surface area contributed by atoms with E-state index in [2.05, 4.69) is 29.1 Å². The van der Waals surface area contributed by atoms with Crippen molar-refractivity contribution in [1.29, 1.82) is 0 Å². The average Bonchev–Trinajstić information content (AvgIpc) is 2.65. The van der Waals surface area contributed by atoms with Crippen LogP contribution < -0.4 is 5.32 Å². The second-order valence-corrected chi connectivity index (χ2v) is 5.28. The van der Waals surface area contributed by atoms with Gasteiger partial charge in [-0.15, -0.1) is 0 Å². The fourth-order valence-corrected chi connectivity index (χ4v) is 2.83. The largest absolute Gasteiger partial charge is 0.366 e. The molecule has 1 fully saturated rings. The first kappa shape index (κ1) is 12.3. The van der Waals surface area contributed by atoms with Crippen LogP contribution in [0.5, 0.6) is 0 Å². The van der Waals surface area contributed by atoms with E-state index in [-0.39, 0.29) is 0 Å². The Morgan fingerprint density at radius 3 is 2.65 bits per heavy atom. The van der Waals surface area contributed by atoms with Gasteiger partial charge in [0.15, 0.2) is 0 Å². The van der Waals surface area contributed by atoms with Gasteiger partial charge in [-0.1, -0.05) is 20.3 Å². The molecule has 2 rings (SSSR count). The fraction of sp³-hybridized carbons (Fsp3) is 0.714. The van der Waals surface area contributed by atoms with Crippen LogP contribution in [0.3, 0.4) is 0 Å². The van der Waals surface area contributed by atoms with Gasteiger partial charge in [0.2, 0.25) is 0 Å². The zero-order valence-corrected chi connectivity index (χ0v) is 11.3. The summed E-state index contributed by atoms with van der Waals surface area (Å²) in [6.45, 7) is 8.66. The van der Waals surface area contributed by atoms with Crippen molar-refractivity contribution in [3.8, 4) is 0 Å². The molecule has 1 saturated carbocycles. The van der Waals surface area contributed by atoms with E-state index in [0.717, 1.165) is 29.0 Å². The average molecular weight is 233 g/mol. The molecule has 94 valence electrons. The van der Waals surface area contributed by atoms with Crippen LogP contribution in [0.15, 0.2) is 6.20 Å². The molecule has 17 heavy (non-hydrogen) atoms. The molecule has 0 bridgehead atoms. The topological polar surface area (TPSA) is 37.8 Å². The Labute approximate surface area is 104 Å². The smallest absolute Gasteiger partial charge is 0.145 e. The van der Waals surface area contributed by atoms with Gasteiger partial charge < -0.3 is 5.32 Å². The molecule has 0 aliphatic heterocycles. The first-order chi connectivity index (χ1) is 8.11. The number of aromatic nitrogens is 2. The molecule has 3 unspecified atom stereocenters. The number of anilines is 1. The summed E-state index contributed by atoms with van der Waals surface area (Å²) in [5, 5.41) is 3.55. The number of nitrogens with zero attached hydrogens (tertiary/aromatic N) is 2. The van der Waals surface area contributed by atoms with E-state index in [0.29, 0.717) is 6.04 Å². The third kappa shape index (κ3) is 2.59. The number of hydrogen-bond donors (Lipinski definition) is 1. The van der Waals surface area contributed by atoms with E-state index in [9.17, 15) is 0 Å². The van der Waals surface area contributed by atoms with E-state index < -0.39 is 0 Å². The zero-order chi connectivity index (χ0) is 12.4. The van der Waals surface area contributed by atoms with Gasteiger partial charge in [0.1, 0.15) is 5.82 Å². The predicted octanol–water partition coefficient (Wildman–Crippen LogP) is 3.33. The Morgan fingerprint density at radius 2 is 2.06 bits per heavy atom. The summed E-state index contributed by atoms with van der Waals surface area (Å²) < 4.78 is 0. The lowest BCUT2D eigenvalue weighted by atomic mass is 9.93. The van der Waals surface area contributed by atoms with Gasteiger partial charge in [0.25, 0.3) is 0 Å². The maximum absolute atomic E-state index is 4.55. The molecule has 3 nitrogen and oxygen atoms in total. The van der Waals surface area contributed by atoms with Crippen LogP contribution in [0.25, 0.3) is 0 Å². The normalized spacial score (nSPS) is 28.4. The van der Waals surface area contributed by atoms with Gasteiger partial charge in [-0.25, -0.2) is 4.98 Å². The highest BCUT2D eigenvalue weighted by molar-refractivity contribution is 5.35. The van der Waals surface area contributed by atoms with Crippen molar-refractivity contribution in [2.45, 2.75) is 53.0 Å². The zero-order valence-electron chi connectivity index (χ0n) is 11.3. The third-order valence-corrected chi connectivity index (χ3v) is 4.28. The minimum absolute atomic E-state index is 0.566. The first-order valence-electron chi connectivity index (χ1n) is 6.68. The van der Waals surface area contributed by atoms with Gasteiger partial charge in [-0.3, -0.25) is 4.98 Å². The lowest BCUT2D eigenvalue weighted by Crippen LogP contribution is -2.25. The molecule has 3 heteroatoms. The Bertz CT molecular complexity index is 389. The van der Waals surface area contributed by atoms with E-state index in [1.807, 2.05) is 20.0 Å². The standard InChI is InChI=1S/C14H23N3/c1-5-12-6-7-13(9(12)2)17-14-8-15-10(3)11(4)16-14/h8-9,12-13H,5-7H2,1-4H3,(H,16,17). The molecule has 0 radical (unpaired) electrons. The fourth-order valence-electron chi connectivity index (χ4n) is 2.83. The van der Waals surface area contributed by atoms with E-state index in [1.165, 1.54) is 19.3 Å². The van der Waals surface area contributed by atoms with Crippen molar-refractivity contribution in [2.24, 2.45) is 11.8 Å². The van der Waals surface area contributed by atoms with Crippen LogP contribution in [0, 0.1) is 25.7 Å². The Balaban J connectivity index is 2.04. The van der Waals surface area contributed by atoms with Crippen LogP contribution in [0.1, 0.15) is 44.5 Å². The van der Waals surface area contributed by atoms with Gasteiger partial charge in [0.05, 0.1) is 17.6 Å². The monoisotopic (exact) mass is 233 g/mol. The summed E-state index contributed by atoms with van der Waals surface area (Å²) in [4.78, 5) is 8.91. The van der Waals surface area contributed by atoms with Crippen LogP contribution in [0.4, 0.5) is 5.82 Å². The Kier molecular flexibility index (Phi) is 3.65. The second-order valence-electron chi connectivity index (χ2n) is 5.28. The Morgan fingerprint density at radius 1 is 1.29 bits per heavy atom. The van der Waals surface area contributed by atoms with E-state index >= 15 is 0 Å². The number of aryl methyl sites for hydroxylation is 2. The highest BCUT2D eigenvalue weighted by Crippen LogP contribution is 2.35. The Hall–Kier alpha value is -1.12. The van der Waals surface area contributed by atoms with Gasteiger partial charge >= 0.3 is 0 Å².